The second-order valence-electron chi connectivity index (χ2n) is 6.17. The van der Waals surface area contributed by atoms with E-state index in [1.165, 1.54) is 0 Å². The molecule has 1 aliphatic heterocycles. The summed E-state index contributed by atoms with van der Waals surface area (Å²) in [7, 11) is 0. The predicted molar refractivity (Wildman–Crippen MR) is 79.3 cm³/mol. The molecule has 3 atom stereocenters. The van der Waals surface area contributed by atoms with Crippen molar-refractivity contribution in [2.75, 3.05) is 6.61 Å². The lowest BCUT2D eigenvalue weighted by Gasteiger charge is -2.35. The van der Waals surface area contributed by atoms with E-state index < -0.39 is 29.6 Å². The summed E-state index contributed by atoms with van der Waals surface area (Å²) in [6, 6.07) is 8.79. The summed E-state index contributed by atoms with van der Waals surface area (Å²) in [5, 5.41) is 10.1. The van der Waals surface area contributed by atoms with Crippen LogP contribution in [0.4, 0.5) is 0 Å². The van der Waals surface area contributed by atoms with Gasteiger partial charge in [-0.05, 0) is 26.0 Å². The van der Waals surface area contributed by atoms with Crippen LogP contribution in [-0.4, -0.2) is 41.3 Å². The van der Waals surface area contributed by atoms with E-state index in [0.29, 0.717) is 12.0 Å². The van der Waals surface area contributed by atoms with E-state index in [1.807, 2.05) is 12.1 Å². The summed E-state index contributed by atoms with van der Waals surface area (Å²) in [5.74, 6) is -1.23. The molecule has 0 amide bonds. The maximum absolute atomic E-state index is 12.1. The first kappa shape index (κ1) is 15.2. The van der Waals surface area contributed by atoms with Crippen LogP contribution in [0.1, 0.15) is 30.6 Å². The van der Waals surface area contributed by atoms with Gasteiger partial charge < -0.3 is 19.3 Å². The molecule has 0 spiro atoms. The van der Waals surface area contributed by atoms with Crippen LogP contribution in [0.25, 0.3) is 0 Å². The third-order valence-corrected chi connectivity index (χ3v) is 3.94. The molecular weight excluding hydrogens is 284 g/mol. The summed E-state index contributed by atoms with van der Waals surface area (Å²) in [6.45, 7) is 3.62. The van der Waals surface area contributed by atoms with Crippen LogP contribution >= 0.6 is 0 Å². The topological polar surface area (TPSA) is 65.0 Å². The molecule has 0 bridgehead atoms. The Morgan fingerprint density at radius 3 is 2.82 bits per heavy atom. The highest BCUT2D eigenvalue weighted by atomic mass is 16.8. The summed E-state index contributed by atoms with van der Waals surface area (Å²) >= 11 is 0. The molecule has 118 valence electrons. The van der Waals surface area contributed by atoms with Crippen molar-refractivity contribution in [1.29, 1.82) is 0 Å². The number of aliphatic hydroxyl groups excluding tert-OH is 1. The monoisotopic (exact) mass is 304 g/mol. The standard InChI is InChI=1S/C17H20O5/c1-16(2)21-14-13(18)9-6-10-17(14,22-16)11-20-15(19)12-7-4-3-5-8-12/h3-9,13-14,18H,10-11H2,1-2H3/t13-,14+,17+/m0/s1. The number of benzene rings is 1. The summed E-state index contributed by atoms with van der Waals surface area (Å²) in [6.07, 6.45) is 2.73. The Bertz CT molecular complexity index is 580. The van der Waals surface area contributed by atoms with Gasteiger partial charge in [-0.1, -0.05) is 30.4 Å². The highest BCUT2D eigenvalue weighted by Crippen LogP contribution is 2.43. The van der Waals surface area contributed by atoms with Crippen LogP contribution < -0.4 is 0 Å². The van der Waals surface area contributed by atoms with E-state index in [0.717, 1.165) is 0 Å². The first-order valence-corrected chi connectivity index (χ1v) is 7.37. The van der Waals surface area contributed by atoms with E-state index in [2.05, 4.69) is 0 Å². The number of ether oxygens (including phenoxy) is 3. The Kier molecular flexibility index (Phi) is 3.80. The molecule has 1 aromatic rings. The number of fused-ring (bicyclic) bond motifs is 1. The number of hydrogen-bond donors (Lipinski definition) is 1. The average molecular weight is 304 g/mol. The van der Waals surface area contributed by atoms with Gasteiger partial charge in [0.05, 0.1) is 5.56 Å². The highest BCUT2D eigenvalue weighted by Gasteiger charge is 2.57. The summed E-state index contributed by atoms with van der Waals surface area (Å²) in [5.41, 5.74) is -0.359. The number of rotatable bonds is 3. The van der Waals surface area contributed by atoms with E-state index in [9.17, 15) is 9.90 Å². The highest BCUT2D eigenvalue weighted by molar-refractivity contribution is 5.89. The molecule has 5 heteroatoms. The number of aliphatic hydroxyl groups is 1. The smallest absolute Gasteiger partial charge is 0.338 e. The second-order valence-corrected chi connectivity index (χ2v) is 6.17. The number of carbonyl (C=O) groups is 1. The van der Waals surface area contributed by atoms with Crippen molar-refractivity contribution >= 4 is 5.97 Å². The second kappa shape index (κ2) is 5.50. The SMILES string of the molecule is CC1(C)O[C@@H]2[C@@H](O)C=CC[C@]2(COC(=O)c2ccccc2)O1. The Hall–Kier alpha value is -1.69. The van der Waals surface area contributed by atoms with E-state index in [-0.39, 0.29) is 6.61 Å². The molecular formula is C17H20O5. The molecule has 1 heterocycles. The van der Waals surface area contributed by atoms with Gasteiger partial charge in [0.2, 0.25) is 0 Å². The van der Waals surface area contributed by atoms with Crippen molar-refractivity contribution in [1.82, 2.24) is 0 Å². The van der Waals surface area contributed by atoms with Crippen LogP contribution in [0.15, 0.2) is 42.5 Å². The minimum absolute atomic E-state index is 0.0379. The fourth-order valence-electron chi connectivity index (χ4n) is 3.05. The molecule has 5 nitrogen and oxygen atoms in total. The zero-order valence-electron chi connectivity index (χ0n) is 12.7. The lowest BCUT2D eigenvalue weighted by atomic mass is 9.85. The zero-order chi connectivity index (χ0) is 15.8. The molecule has 2 aliphatic rings. The molecule has 3 rings (SSSR count). The van der Waals surface area contributed by atoms with Crippen LogP contribution in [0, 0.1) is 0 Å². The normalized spacial score (nSPS) is 32.5. The van der Waals surface area contributed by atoms with Gasteiger partial charge in [0.25, 0.3) is 0 Å². The Morgan fingerprint density at radius 2 is 2.09 bits per heavy atom. The molecule has 1 aliphatic carbocycles. The van der Waals surface area contributed by atoms with Crippen molar-refractivity contribution in [3.05, 3.63) is 48.0 Å². The van der Waals surface area contributed by atoms with Crippen LogP contribution in [0.5, 0.6) is 0 Å². The van der Waals surface area contributed by atoms with E-state index >= 15 is 0 Å². The van der Waals surface area contributed by atoms with E-state index in [1.54, 1.807) is 44.2 Å². The van der Waals surface area contributed by atoms with Gasteiger partial charge in [0.1, 0.15) is 24.4 Å². The molecule has 0 saturated carbocycles. The van der Waals surface area contributed by atoms with Gasteiger partial charge in [-0.3, -0.25) is 0 Å². The first-order chi connectivity index (χ1) is 10.4. The Labute approximate surface area is 129 Å². The minimum atomic E-state index is -0.845. The van der Waals surface area contributed by atoms with Crippen molar-refractivity contribution < 1.29 is 24.1 Å². The van der Waals surface area contributed by atoms with Crippen molar-refractivity contribution in [2.24, 2.45) is 0 Å². The lowest BCUT2D eigenvalue weighted by molar-refractivity contribution is -0.170. The third kappa shape index (κ3) is 2.79. The molecule has 0 aromatic heterocycles. The Balaban J connectivity index is 1.75. The molecule has 0 radical (unpaired) electrons. The summed E-state index contributed by atoms with van der Waals surface area (Å²) in [4.78, 5) is 12.1. The fraction of sp³-hybridized carbons (Fsp3) is 0.471. The van der Waals surface area contributed by atoms with Gasteiger partial charge in [0.15, 0.2) is 5.79 Å². The van der Waals surface area contributed by atoms with Crippen LogP contribution in [-0.2, 0) is 14.2 Å². The molecule has 1 saturated heterocycles. The molecule has 1 aromatic carbocycles. The first-order valence-electron chi connectivity index (χ1n) is 7.37. The van der Waals surface area contributed by atoms with Gasteiger partial charge in [-0.15, -0.1) is 0 Å². The van der Waals surface area contributed by atoms with Crippen LogP contribution in [0.2, 0.25) is 0 Å². The number of carbonyl (C=O) groups excluding carboxylic acids is 1. The molecule has 22 heavy (non-hydrogen) atoms. The van der Waals surface area contributed by atoms with E-state index in [4.69, 9.17) is 14.2 Å². The van der Waals surface area contributed by atoms with Crippen LogP contribution in [0.3, 0.4) is 0 Å². The molecule has 1 fully saturated rings. The zero-order valence-corrected chi connectivity index (χ0v) is 12.7. The minimum Gasteiger partial charge on any atom is -0.459 e. The van der Waals surface area contributed by atoms with Crippen molar-refractivity contribution in [3.8, 4) is 0 Å². The third-order valence-electron chi connectivity index (χ3n) is 3.94. The largest absolute Gasteiger partial charge is 0.459 e. The average Bonchev–Trinajstić information content (AvgIpc) is 2.78. The van der Waals surface area contributed by atoms with Gasteiger partial charge >= 0.3 is 5.97 Å². The maximum atomic E-state index is 12.1. The summed E-state index contributed by atoms with van der Waals surface area (Å²) < 4.78 is 17.2. The quantitative estimate of drug-likeness (QED) is 0.684. The Morgan fingerprint density at radius 1 is 1.36 bits per heavy atom. The molecule has 0 unspecified atom stereocenters. The van der Waals surface area contributed by atoms with Gasteiger partial charge in [-0.25, -0.2) is 4.79 Å². The fourth-order valence-corrected chi connectivity index (χ4v) is 3.05. The molecule has 1 N–H and O–H groups in total. The number of esters is 1. The van der Waals surface area contributed by atoms with Gasteiger partial charge in [0, 0.05) is 6.42 Å². The van der Waals surface area contributed by atoms with Crippen molar-refractivity contribution in [3.63, 3.8) is 0 Å². The maximum Gasteiger partial charge on any atom is 0.338 e. The van der Waals surface area contributed by atoms with Crippen molar-refractivity contribution in [2.45, 2.75) is 43.9 Å². The lowest BCUT2D eigenvalue weighted by Crippen LogP contribution is -2.51. The predicted octanol–water partition coefficient (Wildman–Crippen LogP) is 2.05. The number of hydrogen-bond acceptors (Lipinski definition) is 5. The van der Waals surface area contributed by atoms with Gasteiger partial charge in [-0.2, -0.15) is 0 Å².